The zero-order chi connectivity index (χ0) is 17.6. The Labute approximate surface area is 148 Å². The lowest BCUT2D eigenvalue weighted by atomic mass is 9.99. The zero-order valence-corrected chi connectivity index (χ0v) is 14.5. The first-order valence-corrected chi connectivity index (χ1v) is 8.92. The van der Waals surface area contributed by atoms with Gasteiger partial charge in [0.25, 0.3) is 5.91 Å². The van der Waals surface area contributed by atoms with Crippen molar-refractivity contribution in [2.45, 2.75) is 45.2 Å². The molecule has 3 rings (SSSR count). The highest BCUT2D eigenvalue weighted by atomic mass is 19.1. The lowest BCUT2D eigenvalue weighted by molar-refractivity contribution is 0.0602. The van der Waals surface area contributed by atoms with Crippen molar-refractivity contribution in [2.24, 2.45) is 0 Å². The van der Waals surface area contributed by atoms with Crippen LogP contribution in [0.1, 0.15) is 48.7 Å². The maximum atomic E-state index is 12.9. The third-order valence-electron chi connectivity index (χ3n) is 4.75. The lowest BCUT2D eigenvalue weighted by Gasteiger charge is -2.35. The van der Waals surface area contributed by atoms with E-state index in [0.717, 1.165) is 37.1 Å². The maximum Gasteiger partial charge on any atom is 0.272 e. The minimum atomic E-state index is -0.239. The maximum absolute atomic E-state index is 12.9. The molecule has 0 bridgehead atoms. The van der Waals surface area contributed by atoms with Gasteiger partial charge in [0.05, 0.1) is 11.9 Å². The van der Waals surface area contributed by atoms with Crippen LogP contribution in [0.3, 0.4) is 0 Å². The van der Waals surface area contributed by atoms with Crippen molar-refractivity contribution in [3.63, 3.8) is 0 Å². The van der Waals surface area contributed by atoms with Gasteiger partial charge in [-0.05, 0) is 55.5 Å². The van der Waals surface area contributed by atoms with Crippen molar-refractivity contribution in [2.75, 3.05) is 11.9 Å². The number of piperidine rings is 1. The predicted octanol–water partition coefficient (Wildman–Crippen LogP) is 4.24. The third-order valence-corrected chi connectivity index (χ3v) is 4.75. The Bertz CT molecular complexity index is 700. The summed E-state index contributed by atoms with van der Waals surface area (Å²) in [6, 6.07) is 10.4. The van der Waals surface area contributed by atoms with E-state index in [1.165, 1.54) is 18.6 Å². The number of halogens is 1. The van der Waals surface area contributed by atoms with E-state index in [1.807, 2.05) is 11.0 Å². The number of carbonyl (C=O) groups is 1. The van der Waals surface area contributed by atoms with E-state index in [9.17, 15) is 9.18 Å². The van der Waals surface area contributed by atoms with Gasteiger partial charge in [0.2, 0.25) is 0 Å². The summed E-state index contributed by atoms with van der Waals surface area (Å²) >= 11 is 0. The highest BCUT2D eigenvalue weighted by Crippen LogP contribution is 2.21. The van der Waals surface area contributed by atoms with Crippen LogP contribution in [0.4, 0.5) is 10.1 Å². The number of hydrogen-bond donors (Lipinski definition) is 1. The molecule has 1 unspecified atom stereocenters. The molecule has 0 aliphatic carbocycles. The molecule has 1 aliphatic rings. The summed E-state index contributed by atoms with van der Waals surface area (Å²) in [5, 5.41) is 3.24. The van der Waals surface area contributed by atoms with Crippen molar-refractivity contribution in [1.29, 1.82) is 0 Å². The Morgan fingerprint density at radius 3 is 2.72 bits per heavy atom. The molecule has 4 nitrogen and oxygen atoms in total. The van der Waals surface area contributed by atoms with E-state index < -0.39 is 0 Å². The van der Waals surface area contributed by atoms with Crippen LogP contribution in [0, 0.1) is 5.82 Å². The molecule has 1 atom stereocenters. The summed E-state index contributed by atoms with van der Waals surface area (Å²) in [5.41, 5.74) is 2.32. The van der Waals surface area contributed by atoms with E-state index in [2.05, 4.69) is 17.2 Å². The normalized spacial score (nSPS) is 17.4. The molecule has 1 aromatic carbocycles. The predicted molar refractivity (Wildman–Crippen MR) is 96.9 cm³/mol. The van der Waals surface area contributed by atoms with E-state index in [1.54, 1.807) is 24.4 Å². The molecule has 1 N–H and O–H groups in total. The van der Waals surface area contributed by atoms with Crippen LogP contribution in [0.5, 0.6) is 0 Å². The topological polar surface area (TPSA) is 45.2 Å². The van der Waals surface area contributed by atoms with E-state index in [-0.39, 0.29) is 11.7 Å². The van der Waals surface area contributed by atoms with Crippen LogP contribution in [0.15, 0.2) is 42.6 Å². The average molecular weight is 341 g/mol. The standard InChI is InChI=1S/C20H24FN3O/c1-2-18-5-3-4-12-24(18)20(25)19-11-10-17(14-23-19)22-13-15-6-8-16(21)9-7-15/h6-11,14,18,22H,2-5,12-13H2,1H3. The minimum Gasteiger partial charge on any atom is -0.380 e. The number of pyridine rings is 1. The van der Waals surface area contributed by atoms with Gasteiger partial charge in [-0.2, -0.15) is 0 Å². The molecule has 5 heteroatoms. The molecule has 1 aromatic heterocycles. The van der Waals surface area contributed by atoms with Crippen molar-refractivity contribution in [3.8, 4) is 0 Å². The highest BCUT2D eigenvalue weighted by molar-refractivity contribution is 5.92. The largest absolute Gasteiger partial charge is 0.380 e. The number of anilines is 1. The second-order valence-corrected chi connectivity index (χ2v) is 6.47. The van der Waals surface area contributed by atoms with Crippen LogP contribution in [0.25, 0.3) is 0 Å². The number of nitrogens with one attached hydrogen (secondary N) is 1. The van der Waals surface area contributed by atoms with Gasteiger partial charge >= 0.3 is 0 Å². The van der Waals surface area contributed by atoms with Gasteiger partial charge in [-0.3, -0.25) is 4.79 Å². The Hall–Kier alpha value is -2.43. The number of hydrogen-bond acceptors (Lipinski definition) is 3. The molecule has 0 saturated carbocycles. The molecule has 25 heavy (non-hydrogen) atoms. The fourth-order valence-corrected chi connectivity index (χ4v) is 3.27. The molecule has 2 aromatic rings. The summed E-state index contributed by atoms with van der Waals surface area (Å²) in [4.78, 5) is 19.0. The SMILES string of the molecule is CCC1CCCCN1C(=O)c1ccc(NCc2ccc(F)cc2)cn1. The number of carbonyl (C=O) groups excluding carboxylic acids is 1. The van der Waals surface area contributed by atoms with Gasteiger partial charge in [0.1, 0.15) is 11.5 Å². The number of amides is 1. The van der Waals surface area contributed by atoms with Crippen molar-refractivity contribution in [3.05, 3.63) is 59.7 Å². The zero-order valence-electron chi connectivity index (χ0n) is 14.5. The fourth-order valence-electron chi connectivity index (χ4n) is 3.27. The molecule has 132 valence electrons. The number of aromatic nitrogens is 1. The number of likely N-dealkylation sites (tertiary alicyclic amines) is 1. The van der Waals surface area contributed by atoms with E-state index in [0.29, 0.717) is 18.3 Å². The molecule has 1 amide bonds. The van der Waals surface area contributed by atoms with Crippen LogP contribution in [0.2, 0.25) is 0 Å². The molecule has 1 fully saturated rings. The van der Waals surface area contributed by atoms with Gasteiger partial charge in [0, 0.05) is 19.1 Å². The van der Waals surface area contributed by atoms with Crippen molar-refractivity contribution in [1.82, 2.24) is 9.88 Å². The van der Waals surface area contributed by atoms with Crippen LogP contribution in [-0.4, -0.2) is 28.4 Å². The number of benzene rings is 1. The van der Waals surface area contributed by atoms with Gasteiger partial charge in [-0.1, -0.05) is 19.1 Å². The molecule has 0 radical (unpaired) electrons. The Kier molecular flexibility index (Phi) is 5.64. The molecule has 2 heterocycles. The van der Waals surface area contributed by atoms with Crippen LogP contribution in [-0.2, 0) is 6.54 Å². The van der Waals surface area contributed by atoms with E-state index >= 15 is 0 Å². The van der Waals surface area contributed by atoms with Crippen molar-refractivity contribution >= 4 is 11.6 Å². The van der Waals surface area contributed by atoms with Crippen molar-refractivity contribution < 1.29 is 9.18 Å². The van der Waals surface area contributed by atoms with Gasteiger partial charge in [-0.15, -0.1) is 0 Å². The fraction of sp³-hybridized carbons (Fsp3) is 0.400. The minimum absolute atomic E-state index is 0.0247. The summed E-state index contributed by atoms with van der Waals surface area (Å²) in [6.45, 7) is 3.54. The number of nitrogens with zero attached hydrogens (tertiary/aromatic N) is 2. The molecule has 1 saturated heterocycles. The van der Waals surface area contributed by atoms with E-state index in [4.69, 9.17) is 0 Å². The monoisotopic (exact) mass is 341 g/mol. The summed E-state index contributed by atoms with van der Waals surface area (Å²) in [7, 11) is 0. The molecular weight excluding hydrogens is 317 g/mol. The molecular formula is C20H24FN3O. The lowest BCUT2D eigenvalue weighted by Crippen LogP contribution is -2.43. The summed E-state index contributed by atoms with van der Waals surface area (Å²) in [5.74, 6) is -0.215. The highest BCUT2D eigenvalue weighted by Gasteiger charge is 2.26. The average Bonchev–Trinajstić information content (AvgIpc) is 2.67. The first kappa shape index (κ1) is 17.4. The summed E-state index contributed by atoms with van der Waals surface area (Å²) < 4.78 is 12.9. The Morgan fingerprint density at radius 2 is 2.04 bits per heavy atom. The number of rotatable bonds is 5. The Morgan fingerprint density at radius 1 is 1.24 bits per heavy atom. The van der Waals surface area contributed by atoms with Crippen LogP contribution >= 0.6 is 0 Å². The third kappa shape index (κ3) is 4.35. The molecule has 0 spiro atoms. The quantitative estimate of drug-likeness (QED) is 0.885. The second-order valence-electron chi connectivity index (χ2n) is 6.47. The van der Waals surface area contributed by atoms with Gasteiger partial charge in [0.15, 0.2) is 0 Å². The second kappa shape index (κ2) is 8.10. The summed E-state index contributed by atoms with van der Waals surface area (Å²) in [6.07, 6.45) is 6.02. The Balaban J connectivity index is 1.61. The smallest absolute Gasteiger partial charge is 0.272 e. The van der Waals surface area contributed by atoms with Gasteiger partial charge < -0.3 is 10.2 Å². The van der Waals surface area contributed by atoms with Gasteiger partial charge in [-0.25, -0.2) is 9.37 Å². The first-order chi connectivity index (χ1) is 12.2. The molecule has 1 aliphatic heterocycles. The van der Waals surface area contributed by atoms with Crippen LogP contribution < -0.4 is 5.32 Å². The first-order valence-electron chi connectivity index (χ1n) is 8.92.